The molecule has 1 N–H and O–H groups in total. The first-order valence-corrected chi connectivity index (χ1v) is 29.4. The summed E-state index contributed by atoms with van der Waals surface area (Å²) in [5.41, 5.74) is 0. The van der Waals surface area contributed by atoms with E-state index in [1.165, 1.54) is 103 Å². The van der Waals surface area contributed by atoms with Crippen LogP contribution in [0, 0.1) is 0 Å². The second kappa shape index (κ2) is 61.1. The van der Waals surface area contributed by atoms with Crippen molar-refractivity contribution in [2.24, 2.45) is 0 Å². The van der Waals surface area contributed by atoms with E-state index in [0.29, 0.717) is 12.8 Å². The molecule has 0 heterocycles. The van der Waals surface area contributed by atoms with Crippen molar-refractivity contribution in [3.05, 3.63) is 146 Å². The standard InChI is InChI=1S/C67H108O5/c1-3-5-7-9-11-13-15-17-19-21-23-24-25-26-27-28-29-30-31-32-33-34-35-36-37-38-39-40-41-42-44-46-48-50-52-54-56-58-60-62-67(70)72-65(63-68)64-71-66(69)61-59-57-55-53-51-49-47-45-43-22-20-18-16-14-12-10-8-6-4-2/h5,7,11-14,17-20,23-24,26-27,29-30,32-33,35-36,38-39,41-42,65,68H,3-4,6,8-10,15-16,21-22,25,28,31,34,37,40,43-64H2,1-2H3/b7-5-,13-11-,14-12-,19-17-,20-18-,24-23-,27-26-,30-29-,33-32-,36-35-,39-38-,42-41-. The number of hydrogen-bond acceptors (Lipinski definition) is 5. The molecule has 0 amide bonds. The van der Waals surface area contributed by atoms with Gasteiger partial charge in [0, 0.05) is 12.8 Å². The minimum absolute atomic E-state index is 0.0789. The quantitative estimate of drug-likeness (QED) is 0.0373. The van der Waals surface area contributed by atoms with E-state index in [1.54, 1.807) is 0 Å². The van der Waals surface area contributed by atoms with Gasteiger partial charge in [0.15, 0.2) is 6.10 Å². The smallest absolute Gasteiger partial charge is 0.306 e. The van der Waals surface area contributed by atoms with E-state index in [2.05, 4.69) is 160 Å². The summed E-state index contributed by atoms with van der Waals surface area (Å²) in [6, 6.07) is 0. The maximum absolute atomic E-state index is 12.3. The van der Waals surface area contributed by atoms with Crippen molar-refractivity contribution in [2.45, 2.75) is 251 Å². The lowest BCUT2D eigenvalue weighted by Gasteiger charge is -2.15. The molecular formula is C67H108O5. The summed E-state index contributed by atoms with van der Waals surface area (Å²) in [7, 11) is 0. The van der Waals surface area contributed by atoms with Crippen LogP contribution in [-0.2, 0) is 19.1 Å². The van der Waals surface area contributed by atoms with E-state index < -0.39 is 6.10 Å². The molecule has 5 heteroatoms. The second-order valence-electron chi connectivity index (χ2n) is 19.0. The van der Waals surface area contributed by atoms with Gasteiger partial charge in [-0.2, -0.15) is 0 Å². The van der Waals surface area contributed by atoms with Gasteiger partial charge in [0.2, 0.25) is 0 Å². The summed E-state index contributed by atoms with van der Waals surface area (Å²) >= 11 is 0. The summed E-state index contributed by atoms with van der Waals surface area (Å²) in [5, 5.41) is 9.65. The molecule has 406 valence electrons. The van der Waals surface area contributed by atoms with Crippen molar-refractivity contribution in [2.75, 3.05) is 13.2 Å². The fraction of sp³-hybridized carbons (Fsp3) is 0.612. The minimum Gasteiger partial charge on any atom is -0.462 e. The third-order valence-electron chi connectivity index (χ3n) is 12.1. The maximum atomic E-state index is 12.3. The lowest BCUT2D eigenvalue weighted by atomic mass is 10.1. The Balaban J connectivity index is 3.61. The SMILES string of the molecule is CC/C=C\C/C=C\C/C=C\C/C=C\C/C=C\C/C=C\C/C=C\C/C=C\C/C=C\C/C=C\CCCCCCCCCCC(=O)OC(CO)COC(=O)CCCCCCCCCCC/C=C\C/C=C\CCCCC. The van der Waals surface area contributed by atoms with Crippen LogP contribution in [0.4, 0.5) is 0 Å². The summed E-state index contributed by atoms with van der Waals surface area (Å²) in [5.74, 6) is -0.611. The van der Waals surface area contributed by atoms with E-state index in [4.69, 9.17) is 9.47 Å². The summed E-state index contributed by atoms with van der Waals surface area (Å²) in [6.45, 7) is 3.99. The molecule has 0 aliphatic carbocycles. The number of aliphatic hydroxyl groups is 1. The lowest BCUT2D eigenvalue weighted by Crippen LogP contribution is -2.28. The largest absolute Gasteiger partial charge is 0.462 e. The highest BCUT2D eigenvalue weighted by Gasteiger charge is 2.16. The summed E-state index contributed by atoms with van der Waals surface area (Å²) in [6.07, 6.45) is 92.4. The zero-order valence-electron chi connectivity index (χ0n) is 46.4. The van der Waals surface area contributed by atoms with Crippen molar-refractivity contribution in [1.82, 2.24) is 0 Å². The molecule has 0 bridgehead atoms. The Morgan fingerprint density at radius 2 is 0.597 bits per heavy atom. The first-order valence-electron chi connectivity index (χ1n) is 29.4. The van der Waals surface area contributed by atoms with E-state index in [-0.39, 0.29) is 25.2 Å². The monoisotopic (exact) mass is 993 g/mol. The molecule has 0 aliphatic heterocycles. The Hall–Kier alpha value is -4.22. The normalized spacial score (nSPS) is 13.3. The van der Waals surface area contributed by atoms with E-state index in [9.17, 15) is 14.7 Å². The minimum atomic E-state index is -0.789. The van der Waals surface area contributed by atoms with Crippen LogP contribution >= 0.6 is 0 Å². The van der Waals surface area contributed by atoms with E-state index in [0.717, 1.165) is 116 Å². The zero-order valence-corrected chi connectivity index (χ0v) is 46.4. The highest BCUT2D eigenvalue weighted by atomic mass is 16.6. The Morgan fingerprint density at radius 3 is 0.903 bits per heavy atom. The molecule has 0 rings (SSSR count). The second-order valence-corrected chi connectivity index (χ2v) is 19.0. The van der Waals surface area contributed by atoms with E-state index >= 15 is 0 Å². The van der Waals surface area contributed by atoms with Gasteiger partial charge >= 0.3 is 11.9 Å². The number of carbonyl (C=O) groups is 2. The Morgan fingerprint density at radius 1 is 0.333 bits per heavy atom. The van der Waals surface area contributed by atoms with Gasteiger partial charge in [-0.05, 0) is 122 Å². The number of allylic oxidation sites excluding steroid dienone is 24. The maximum Gasteiger partial charge on any atom is 0.306 e. The molecule has 5 nitrogen and oxygen atoms in total. The fourth-order valence-electron chi connectivity index (χ4n) is 7.73. The highest BCUT2D eigenvalue weighted by Crippen LogP contribution is 2.14. The molecule has 0 fully saturated rings. The average molecular weight is 994 g/mol. The zero-order chi connectivity index (χ0) is 52.0. The lowest BCUT2D eigenvalue weighted by molar-refractivity contribution is -0.161. The molecule has 0 aromatic rings. The molecule has 0 aromatic heterocycles. The van der Waals surface area contributed by atoms with Crippen molar-refractivity contribution >= 4 is 11.9 Å². The van der Waals surface area contributed by atoms with Crippen LogP contribution < -0.4 is 0 Å². The number of aliphatic hydroxyl groups excluding tert-OH is 1. The van der Waals surface area contributed by atoms with E-state index in [1.807, 2.05) is 0 Å². The van der Waals surface area contributed by atoms with Crippen molar-refractivity contribution in [3.63, 3.8) is 0 Å². The van der Waals surface area contributed by atoms with Gasteiger partial charge in [-0.1, -0.05) is 256 Å². The van der Waals surface area contributed by atoms with Gasteiger partial charge in [0.05, 0.1) is 6.61 Å². The molecule has 1 atom stereocenters. The number of hydrogen-bond donors (Lipinski definition) is 1. The van der Waals surface area contributed by atoms with Crippen LogP contribution in [0.15, 0.2) is 146 Å². The van der Waals surface area contributed by atoms with Crippen molar-refractivity contribution in [1.29, 1.82) is 0 Å². The van der Waals surface area contributed by atoms with Crippen LogP contribution in [-0.4, -0.2) is 36.4 Å². The van der Waals surface area contributed by atoms with Crippen LogP contribution in [0.2, 0.25) is 0 Å². The summed E-state index contributed by atoms with van der Waals surface area (Å²) in [4.78, 5) is 24.5. The van der Waals surface area contributed by atoms with Gasteiger partial charge in [-0.3, -0.25) is 9.59 Å². The molecule has 0 spiro atoms. The highest BCUT2D eigenvalue weighted by molar-refractivity contribution is 5.70. The molecule has 1 unspecified atom stereocenters. The third kappa shape index (κ3) is 58.4. The predicted molar refractivity (Wildman–Crippen MR) is 315 cm³/mol. The molecule has 0 aromatic carbocycles. The first kappa shape index (κ1) is 67.8. The van der Waals surface area contributed by atoms with Gasteiger partial charge in [-0.15, -0.1) is 0 Å². The van der Waals surface area contributed by atoms with Crippen LogP contribution in [0.3, 0.4) is 0 Å². The Labute approximate surface area is 444 Å². The average Bonchev–Trinajstić information content (AvgIpc) is 3.38. The number of esters is 2. The first-order chi connectivity index (χ1) is 35.6. The number of ether oxygens (including phenoxy) is 2. The Bertz CT molecular complexity index is 1540. The van der Waals surface area contributed by atoms with Crippen LogP contribution in [0.25, 0.3) is 0 Å². The summed E-state index contributed by atoms with van der Waals surface area (Å²) < 4.78 is 10.7. The fourth-order valence-corrected chi connectivity index (χ4v) is 7.73. The molecule has 72 heavy (non-hydrogen) atoms. The van der Waals surface area contributed by atoms with Gasteiger partial charge in [0.25, 0.3) is 0 Å². The topological polar surface area (TPSA) is 72.8 Å². The molecule has 0 aliphatic rings. The molecular weight excluding hydrogens is 885 g/mol. The molecule has 0 radical (unpaired) electrons. The number of rotatable bonds is 52. The molecule has 0 saturated carbocycles. The van der Waals surface area contributed by atoms with Gasteiger partial charge in [-0.25, -0.2) is 0 Å². The predicted octanol–water partition coefficient (Wildman–Crippen LogP) is 20.2. The van der Waals surface area contributed by atoms with Crippen LogP contribution in [0.1, 0.15) is 245 Å². The number of carbonyl (C=O) groups excluding carboxylic acids is 2. The third-order valence-corrected chi connectivity index (χ3v) is 12.1. The van der Waals surface area contributed by atoms with Gasteiger partial charge < -0.3 is 14.6 Å². The van der Waals surface area contributed by atoms with Crippen LogP contribution in [0.5, 0.6) is 0 Å². The number of unbranched alkanes of at least 4 members (excludes halogenated alkanes) is 20. The van der Waals surface area contributed by atoms with Crippen molar-refractivity contribution < 1.29 is 24.2 Å². The van der Waals surface area contributed by atoms with Crippen molar-refractivity contribution in [3.8, 4) is 0 Å². The molecule has 0 saturated heterocycles. The van der Waals surface area contributed by atoms with Gasteiger partial charge in [0.1, 0.15) is 6.61 Å². The Kier molecular flexibility index (Phi) is 57.5.